The third-order valence-electron chi connectivity index (χ3n) is 5.99. The average molecular weight is 472 g/mol. The third-order valence-corrected chi connectivity index (χ3v) is 5.99. The Balaban J connectivity index is 1.37. The Morgan fingerprint density at radius 2 is 1.91 bits per heavy atom. The van der Waals surface area contributed by atoms with Crippen LogP contribution in [0, 0.1) is 0 Å². The molecule has 4 heterocycles. The quantitative estimate of drug-likeness (QED) is 0.464. The summed E-state index contributed by atoms with van der Waals surface area (Å²) in [5.41, 5.74) is 2.69. The molecule has 9 nitrogen and oxygen atoms in total. The van der Waals surface area contributed by atoms with E-state index in [4.69, 9.17) is 9.84 Å². The summed E-state index contributed by atoms with van der Waals surface area (Å²) < 4.78 is 48.2. The second-order valence-corrected chi connectivity index (χ2v) is 8.30. The van der Waals surface area contributed by atoms with Crippen molar-refractivity contribution in [2.45, 2.75) is 44.0 Å². The summed E-state index contributed by atoms with van der Waals surface area (Å²) >= 11 is 0. The minimum Gasteiger partial charge on any atom is -0.474 e. The predicted molar refractivity (Wildman–Crippen MR) is 118 cm³/mol. The normalized spacial score (nSPS) is 18.9. The van der Waals surface area contributed by atoms with Gasteiger partial charge in [0.25, 0.3) is 0 Å². The number of rotatable bonds is 5. The number of hydrogen-bond donors (Lipinski definition) is 1. The maximum Gasteiger partial charge on any atom is 0.451 e. The maximum absolute atomic E-state index is 12.9. The summed E-state index contributed by atoms with van der Waals surface area (Å²) in [7, 11) is 3.67. The van der Waals surface area contributed by atoms with Gasteiger partial charge >= 0.3 is 6.18 Å². The van der Waals surface area contributed by atoms with Crippen molar-refractivity contribution in [3.8, 4) is 17.1 Å². The molecule has 1 aliphatic rings. The minimum atomic E-state index is -4.61. The van der Waals surface area contributed by atoms with Crippen LogP contribution in [0.4, 0.5) is 19.0 Å². The van der Waals surface area contributed by atoms with Crippen molar-refractivity contribution in [1.29, 1.82) is 0 Å². The molecule has 1 fully saturated rings. The first-order valence-electron chi connectivity index (χ1n) is 10.9. The zero-order valence-corrected chi connectivity index (χ0v) is 18.6. The van der Waals surface area contributed by atoms with E-state index in [1.165, 1.54) is 6.07 Å². The van der Waals surface area contributed by atoms with Crippen LogP contribution in [0.3, 0.4) is 0 Å². The van der Waals surface area contributed by atoms with Gasteiger partial charge in [-0.1, -0.05) is 0 Å². The number of pyridine rings is 1. The standard InChI is InChI=1S/C22H23F3N8O/c1-26-18-9-17-16(11-28-18)20(13-10-29-32(2)12-13)31-33(17)14-3-5-15(6-4-14)34-19-7-8-27-21(30-19)22(23,24)25/h7-12,14-15H,3-6H2,1-2H3,(H,26,28). The maximum atomic E-state index is 12.9. The highest BCUT2D eigenvalue weighted by molar-refractivity contribution is 5.93. The Morgan fingerprint density at radius 3 is 2.59 bits per heavy atom. The Kier molecular flexibility index (Phi) is 5.58. The molecule has 0 amide bonds. The van der Waals surface area contributed by atoms with Crippen molar-refractivity contribution in [2.24, 2.45) is 7.05 Å². The predicted octanol–water partition coefficient (Wildman–Crippen LogP) is 4.25. The van der Waals surface area contributed by atoms with E-state index in [1.807, 2.05) is 37.2 Å². The molecule has 5 rings (SSSR count). The van der Waals surface area contributed by atoms with E-state index in [-0.39, 0.29) is 18.0 Å². The topological polar surface area (TPSA) is 95.6 Å². The fourth-order valence-corrected chi connectivity index (χ4v) is 4.33. The molecule has 12 heteroatoms. The largest absolute Gasteiger partial charge is 0.474 e. The van der Waals surface area contributed by atoms with Crippen LogP contribution < -0.4 is 10.1 Å². The van der Waals surface area contributed by atoms with Crippen molar-refractivity contribution in [3.05, 3.63) is 42.7 Å². The Hall–Kier alpha value is -3.70. The van der Waals surface area contributed by atoms with Crippen molar-refractivity contribution in [3.63, 3.8) is 0 Å². The van der Waals surface area contributed by atoms with Gasteiger partial charge in [0, 0.05) is 55.8 Å². The summed E-state index contributed by atoms with van der Waals surface area (Å²) in [5.74, 6) is -0.509. The lowest BCUT2D eigenvalue weighted by atomic mass is 9.93. The van der Waals surface area contributed by atoms with Gasteiger partial charge in [-0.25, -0.2) is 9.97 Å². The molecule has 178 valence electrons. The van der Waals surface area contributed by atoms with E-state index in [1.54, 1.807) is 10.9 Å². The number of ether oxygens (including phenoxy) is 1. The van der Waals surface area contributed by atoms with Gasteiger partial charge in [0.1, 0.15) is 17.6 Å². The van der Waals surface area contributed by atoms with Crippen LogP contribution in [0.1, 0.15) is 37.5 Å². The second-order valence-electron chi connectivity index (χ2n) is 8.30. The lowest BCUT2D eigenvalue weighted by molar-refractivity contribution is -0.145. The highest BCUT2D eigenvalue weighted by Crippen LogP contribution is 2.36. The number of fused-ring (bicyclic) bond motifs is 1. The summed E-state index contributed by atoms with van der Waals surface area (Å²) in [4.78, 5) is 11.3. The van der Waals surface area contributed by atoms with E-state index in [0.717, 1.165) is 47.0 Å². The van der Waals surface area contributed by atoms with Gasteiger partial charge in [-0.2, -0.15) is 28.4 Å². The second kappa shape index (κ2) is 8.58. The Morgan fingerprint density at radius 1 is 1.12 bits per heavy atom. The van der Waals surface area contributed by atoms with Gasteiger partial charge in [0.05, 0.1) is 17.8 Å². The van der Waals surface area contributed by atoms with Crippen LogP contribution in [-0.4, -0.2) is 47.7 Å². The first kappa shape index (κ1) is 22.1. The molecule has 0 unspecified atom stereocenters. The molecule has 0 bridgehead atoms. The van der Waals surface area contributed by atoms with Crippen LogP contribution >= 0.6 is 0 Å². The number of alkyl halides is 3. The number of hydrogen-bond acceptors (Lipinski definition) is 7. The fourth-order valence-electron chi connectivity index (χ4n) is 4.33. The Bertz CT molecular complexity index is 1310. The average Bonchev–Trinajstić information content (AvgIpc) is 3.42. The number of nitrogens with one attached hydrogen (secondary N) is 1. The number of aryl methyl sites for hydroxylation is 1. The lowest BCUT2D eigenvalue weighted by Crippen LogP contribution is -2.27. The van der Waals surface area contributed by atoms with E-state index in [9.17, 15) is 13.2 Å². The third kappa shape index (κ3) is 4.27. The summed E-state index contributed by atoms with van der Waals surface area (Å²) in [5, 5.41) is 13.2. The molecular weight excluding hydrogens is 449 g/mol. The van der Waals surface area contributed by atoms with E-state index < -0.39 is 12.0 Å². The van der Waals surface area contributed by atoms with Gasteiger partial charge < -0.3 is 10.1 Å². The van der Waals surface area contributed by atoms with Crippen LogP contribution in [-0.2, 0) is 13.2 Å². The van der Waals surface area contributed by atoms with Crippen LogP contribution in [0.5, 0.6) is 5.88 Å². The molecule has 0 aromatic carbocycles. The zero-order valence-electron chi connectivity index (χ0n) is 18.6. The van der Waals surface area contributed by atoms with Gasteiger partial charge in [-0.15, -0.1) is 0 Å². The Labute approximate surface area is 193 Å². The number of nitrogens with zero attached hydrogens (tertiary/aromatic N) is 7. The van der Waals surface area contributed by atoms with Crippen molar-refractivity contribution < 1.29 is 17.9 Å². The molecule has 1 aliphatic carbocycles. The highest BCUT2D eigenvalue weighted by atomic mass is 19.4. The van der Waals surface area contributed by atoms with Crippen LogP contribution in [0.2, 0.25) is 0 Å². The molecule has 0 aliphatic heterocycles. The van der Waals surface area contributed by atoms with Crippen molar-refractivity contribution >= 4 is 16.7 Å². The van der Waals surface area contributed by atoms with Gasteiger partial charge in [0.15, 0.2) is 0 Å². The fraction of sp³-hybridized carbons (Fsp3) is 0.409. The number of halogens is 3. The minimum absolute atomic E-state index is 0.0566. The van der Waals surface area contributed by atoms with Gasteiger partial charge in [-0.3, -0.25) is 9.36 Å². The molecule has 0 radical (unpaired) electrons. The molecule has 0 atom stereocenters. The van der Waals surface area contributed by atoms with E-state index in [0.29, 0.717) is 12.8 Å². The van der Waals surface area contributed by atoms with Gasteiger partial charge in [-0.05, 0) is 25.7 Å². The number of anilines is 1. The zero-order chi connectivity index (χ0) is 23.9. The lowest BCUT2D eigenvalue weighted by Gasteiger charge is -2.29. The first-order chi connectivity index (χ1) is 16.3. The highest BCUT2D eigenvalue weighted by Gasteiger charge is 2.35. The smallest absolute Gasteiger partial charge is 0.451 e. The molecule has 34 heavy (non-hydrogen) atoms. The summed E-state index contributed by atoms with van der Waals surface area (Å²) in [6, 6.07) is 3.45. The monoisotopic (exact) mass is 472 g/mol. The molecule has 0 saturated heterocycles. The van der Waals surface area contributed by atoms with E-state index >= 15 is 0 Å². The SMILES string of the molecule is CNc1cc2c(cn1)c(-c1cnn(C)c1)nn2C1CCC(Oc2ccnc(C(F)(F)F)n2)CC1. The molecular formula is C22H23F3N8O. The molecule has 1 saturated carbocycles. The summed E-state index contributed by atoms with van der Waals surface area (Å²) in [6.45, 7) is 0. The molecule has 0 spiro atoms. The first-order valence-corrected chi connectivity index (χ1v) is 10.9. The van der Waals surface area contributed by atoms with Gasteiger partial charge in [0.2, 0.25) is 11.7 Å². The molecule has 1 N–H and O–H groups in total. The summed E-state index contributed by atoms with van der Waals surface area (Å²) in [6.07, 6.45) is 4.62. The molecule has 4 aromatic rings. The van der Waals surface area contributed by atoms with Crippen LogP contribution in [0.25, 0.3) is 22.2 Å². The van der Waals surface area contributed by atoms with Crippen molar-refractivity contribution in [1.82, 2.24) is 34.5 Å². The van der Waals surface area contributed by atoms with Crippen molar-refractivity contribution in [2.75, 3.05) is 12.4 Å². The van der Waals surface area contributed by atoms with E-state index in [2.05, 4.69) is 25.4 Å². The van der Waals surface area contributed by atoms with Crippen LogP contribution in [0.15, 0.2) is 36.9 Å². The molecule has 4 aromatic heterocycles. The number of aromatic nitrogens is 7.